The van der Waals surface area contributed by atoms with E-state index < -0.39 is 34.6 Å². The van der Waals surface area contributed by atoms with Gasteiger partial charge in [-0.25, -0.2) is 22.0 Å². The maximum absolute atomic E-state index is 13.6. The standard InChI is InChI=1S/C24H29F5/c1-2-3-4-5-6-7-8-9-10-11-12-13-14-15-16-17-18-19-20(25)22(27)24(29)23(28)21(19)26/h1H,5-18H2. The van der Waals surface area contributed by atoms with Crippen molar-refractivity contribution in [3.05, 3.63) is 34.6 Å². The number of rotatable bonds is 14. The molecule has 0 radical (unpaired) electrons. The predicted molar refractivity (Wildman–Crippen MR) is 107 cm³/mol. The highest BCUT2D eigenvalue weighted by Gasteiger charge is 2.24. The summed E-state index contributed by atoms with van der Waals surface area (Å²) in [5, 5.41) is 0. The number of hydrogen-bond acceptors (Lipinski definition) is 0. The Labute approximate surface area is 171 Å². The Hall–Kier alpha value is -2.01. The summed E-state index contributed by atoms with van der Waals surface area (Å²) < 4.78 is 66.4. The van der Waals surface area contributed by atoms with Crippen molar-refractivity contribution in [1.82, 2.24) is 0 Å². The monoisotopic (exact) mass is 412 g/mol. The van der Waals surface area contributed by atoms with Crippen molar-refractivity contribution in [1.29, 1.82) is 0 Å². The summed E-state index contributed by atoms with van der Waals surface area (Å²) in [6.45, 7) is 0. The van der Waals surface area contributed by atoms with Gasteiger partial charge < -0.3 is 0 Å². The van der Waals surface area contributed by atoms with Gasteiger partial charge in [0.25, 0.3) is 0 Å². The molecule has 0 aliphatic heterocycles. The summed E-state index contributed by atoms with van der Waals surface area (Å²) in [4.78, 5) is 0. The number of unbranched alkanes of at least 4 members (excludes halogenated alkanes) is 12. The van der Waals surface area contributed by atoms with E-state index in [1.54, 1.807) is 0 Å². The van der Waals surface area contributed by atoms with Gasteiger partial charge in [0.05, 0.1) is 0 Å². The molecule has 0 aliphatic rings. The van der Waals surface area contributed by atoms with Gasteiger partial charge in [0.2, 0.25) is 5.82 Å². The van der Waals surface area contributed by atoms with Crippen molar-refractivity contribution < 1.29 is 22.0 Å². The molecule has 0 atom stereocenters. The lowest BCUT2D eigenvalue weighted by atomic mass is 10.0. The molecule has 0 saturated heterocycles. The van der Waals surface area contributed by atoms with Crippen LogP contribution in [-0.2, 0) is 6.42 Å². The Morgan fingerprint density at radius 3 is 1.34 bits per heavy atom. The molecule has 0 saturated carbocycles. The molecule has 0 aromatic heterocycles. The topological polar surface area (TPSA) is 0 Å². The first-order chi connectivity index (χ1) is 14.0. The van der Waals surface area contributed by atoms with Gasteiger partial charge in [-0.15, -0.1) is 6.42 Å². The minimum Gasteiger partial charge on any atom is -0.203 e. The van der Waals surface area contributed by atoms with E-state index in [1.807, 2.05) is 0 Å². The fourth-order valence-electron chi connectivity index (χ4n) is 3.27. The second-order valence-electron chi connectivity index (χ2n) is 7.24. The average Bonchev–Trinajstić information content (AvgIpc) is 2.72. The van der Waals surface area contributed by atoms with E-state index in [0.29, 0.717) is 12.8 Å². The normalized spacial score (nSPS) is 10.5. The van der Waals surface area contributed by atoms with E-state index in [9.17, 15) is 22.0 Å². The van der Waals surface area contributed by atoms with Crippen LogP contribution >= 0.6 is 0 Å². The zero-order valence-electron chi connectivity index (χ0n) is 16.9. The van der Waals surface area contributed by atoms with Crippen LogP contribution in [0.2, 0.25) is 0 Å². The van der Waals surface area contributed by atoms with Gasteiger partial charge in [0.15, 0.2) is 23.3 Å². The third kappa shape index (κ3) is 9.35. The minimum absolute atomic E-state index is 0.139. The van der Waals surface area contributed by atoms with Crippen LogP contribution in [0.3, 0.4) is 0 Å². The Kier molecular flexibility index (Phi) is 12.9. The van der Waals surface area contributed by atoms with Crippen LogP contribution < -0.4 is 0 Å². The first-order valence-electron chi connectivity index (χ1n) is 10.4. The van der Waals surface area contributed by atoms with Gasteiger partial charge in [-0.2, -0.15) is 0 Å². The molecule has 0 bridgehead atoms. The maximum atomic E-state index is 13.6. The highest BCUT2D eigenvalue weighted by molar-refractivity contribution is 5.24. The van der Waals surface area contributed by atoms with Crippen molar-refractivity contribution in [3.63, 3.8) is 0 Å². The van der Waals surface area contributed by atoms with Gasteiger partial charge >= 0.3 is 0 Å². The molecule has 0 amide bonds. The van der Waals surface area contributed by atoms with Crippen LogP contribution in [0.5, 0.6) is 0 Å². The summed E-state index contributed by atoms with van der Waals surface area (Å²) in [6, 6.07) is 0. The van der Waals surface area contributed by atoms with Crippen molar-refractivity contribution >= 4 is 0 Å². The molecule has 1 aromatic carbocycles. The average molecular weight is 412 g/mol. The Morgan fingerprint density at radius 2 is 0.897 bits per heavy atom. The Balaban J connectivity index is 2.02. The first-order valence-corrected chi connectivity index (χ1v) is 10.4. The van der Waals surface area contributed by atoms with E-state index in [1.165, 1.54) is 32.1 Å². The van der Waals surface area contributed by atoms with Crippen molar-refractivity contribution in [2.45, 2.75) is 89.9 Å². The molecule has 0 unspecified atom stereocenters. The molecule has 0 spiro atoms. The van der Waals surface area contributed by atoms with Crippen molar-refractivity contribution in [2.24, 2.45) is 0 Å². The lowest BCUT2D eigenvalue weighted by Crippen LogP contribution is -2.07. The first kappa shape index (κ1) is 25.0. The number of benzene rings is 1. The summed E-state index contributed by atoms with van der Waals surface area (Å²) in [7, 11) is 0. The highest BCUT2D eigenvalue weighted by atomic mass is 19.2. The maximum Gasteiger partial charge on any atom is 0.200 e. The van der Waals surface area contributed by atoms with Gasteiger partial charge in [0, 0.05) is 12.0 Å². The molecule has 0 N–H and O–H groups in total. The molecular weight excluding hydrogens is 383 g/mol. The Bertz CT molecular complexity index is 692. The predicted octanol–water partition coefficient (Wildman–Crippen LogP) is 7.63. The smallest absolute Gasteiger partial charge is 0.200 e. The van der Waals surface area contributed by atoms with E-state index in [4.69, 9.17) is 6.42 Å². The van der Waals surface area contributed by atoms with Crippen LogP contribution in [0.4, 0.5) is 22.0 Å². The molecule has 0 fully saturated rings. The van der Waals surface area contributed by atoms with Crippen molar-refractivity contribution in [3.8, 4) is 24.2 Å². The zero-order chi connectivity index (χ0) is 21.5. The molecule has 160 valence electrons. The second kappa shape index (κ2) is 14.9. The van der Waals surface area contributed by atoms with Crippen molar-refractivity contribution in [2.75, 3.05) is 0 Å². The second-order valence-corrected chi connectivity index (χ2v) is 7.24. The van der Waals surface area contributed by atoms with Crippen LogP contribution in [0.1, 0.15) is 89.0 Å². The molecule has 0 heterocycles. The highest BCUT2D eigenvalue weighted by Crippen LogP contribution is 2.24. The molecule has 5 heteroatoms. The largest absolute Gasteiger partial charge is 0.203 e. The number of hydrogen-bond donors (Lipinski definition) is 0. The molecule has 29 heavy (non-hydrogen) atoms. The summed E-state index contributed by atoms with van der Waals surface area (Å²) >= 11 is 0. The third-order valence-corrected chi connectivity index (χ3v) is 4.94. The number of halogens is 5. The van der Waals surface area contributed by atoms with E-state index >= 15 is 0 Å². The SMILES string of the molecule is C#CC#CCCCCCCCCCCCCCCc1c(F)c(F)c(F)c(F)c1F. The van der Waals surface area contributed by atoms with Gasteiger partial charge in [-0.05, 0) is 31.1 Å². The van der Waals surface area contributed by atoms with Gasteiger partial charge in [0.1, 0.15) is 0 Å². The summed E-state index contributed by atoms with van der Waals surface area (Å²) in [6.07, 6.45) is 18.2. The number of terminal acetylenes is 1. The minimum atomic E-state index is -2.10. The molecule has 1 rings (SSSR count). The summed E-state index contributed by atoms with van der Waals surface area (Å²) in [5.41, 5.74) is -0.704. The van der Waals surface area contributed by atoms with E-state index in [0.717, 1.165) is 38.5 Å². The lowest BCUT2D eigenvalue weighted by molar-refractivity contribution is 0.368. The van der Waals surface area contributed by atoms with E-state index in [-0.39, 0.29) is 6.42 Å². The quantitative estimate of drug-likeness (QED) is 0.0968. The van der Waals surface area contributed by atoms with Gasteiger partial charge in [-0.1, -0.05) is 70.1 Å². The van der Waals surface area contributed by atoms with E-state index in [2.05, 4.69) is 17.8 Å². The molecule has 0 aliphatic carbocycles. The Morgan fingerprint density at radius 1 is 0.517 bits per heavy atom. The third-order valence-electron chi connectivity index (χ3n) is 4.94. The van der Waals surface area contributed by atoms with Crippen LogP contribution in [-0.4, -0.2) is 0 Å². The van der Waals surface area contributed by atoms with Gasteiger partial charge in [-0.3, -0.25) is 0 Å². The van der Waals surface area contributed by atoms with Crippen LogP contribution in [0.15, 0.2) is 0 Å². The van der Waals surface area contributed by atoms with Crippen LogP contribution in [0, 0.1) is 53.3 Å². The fraction of sp³-hybridized carbons (Fsp3) is 0.583. The molecular formula is C24H29F5. The lowest BCUT2D eigenvalue weighted by Gasteiger charge is -2.08. The van der Waals surface area contributed by atoms with Crippen LogP contribution in [0.25, 0.3) is 0 Å². The molecule has 1 aromatic rings. The summed E-state index contributed by atoms with van der Waals surface area (Å²) in [5.74, 6) is -1.40. The zero-order valence-corrected chi connectivity index (χ0v) is 16.9. The fourth-order valence-corrected chi connectivity index (χ4v) is 3.27. The molecule has 0 nitrogen and oxygen atoms in total.